The number of nitrogen functional groups attached to an aromatic ring is 2. The highest BCUT2D eigenvalue weighted by molar-refractivity contribution is 6.30. The van der Waals surface area contributed by atoms with Crippen LogP contribution in [0.2, 0.25) is 5.15 Å². The third-order valence-electron chi connectivity index (χ3n) is 4.04. The van der Waals surface area contributed by atoms with Crippen molar-refractivity contribution >= 4 is 34.4 Å². The molecule has 0 spiro atoms. The molecule has 3 aromatic rings. The summed E-state index contributed by atoms with van der Waals surface area (Å²) in [5, 5.41) is 1.02. The maximum absolute atomic E-state index is 6.39. The third kappa shape index (κ3) is 3.10. The van der Waals surface area contributed by atoms with Gasteiger partial charge in [0.25, 0.3) is 0 Å². The molecule has 0 radical (unpaired) electrons. The standard InChI is InChI=1S/C17H18ClN5O2/c1-8-10(6-9-4-5-11(24-2)12(7-9)25-3)14(18)21-16-13(8)15(19)22-17(20)23-16/h4-5,7H,6H2,1-3H3,(H4,19,20,21,22,23). The van der Waals surface area contributed by atoms with Crippen molar-refractivity contribution in [3.63, 3.8) is 0 Å². The highest BCUT2D eigenvalue weighted by atomic mass is 35.5. The van der Waals surface area contributed by atoms with Crippen LogP contribution in [-0.4, -0.2) is 29.2 Å². The van der Waals surface area contributed by atoms with Gasteiger partial charge in [0.1, 0.15) is 11.0 Å². The van der Waals surface area contributed by atoms with Crippen molar-refractivity contribution in [2.45, 2.75) is 13.3 Å². The van der Waals surface area contributed by atoms with Crippen LogP contribution < -0.4 is 20.9 Å². The number of hydrogen-bond acceptors (Lipinski definition) is 7. The zero-order valence-corrected chi connectivity index (χ0v) is 14.9. The van der Waals surface area contributed by atoms with Crippen LogP contribution in [0.4, 0.5) is 11.8 Å². The minimum absolute atomic E-state index is 0.0700. The number of aromatic nitrogens is 3. The molecule has 3 rings (SSSR count). The maximum Gasteiger partial charge on any atom is 0.224 e. The molecule has 0 aliphatic heterocycles. The number of nitrogens with two attached hydrogens (primary N) is 2. The maximum atomic E-state index is 6.39. The lowest BCUT2D eigenvalue weighted by Crippen LogP contribution is -2.06. The fourth-order valence-corrected chi connectivity index (χ4v) is 3.08. The molecule has 0 saturated carbocycles. The van der Waals surface area contributed by atoms with Gasteiger partial charge in [0.15, 0.2) is 17.1 Å². The first-order valence-electron chi connectivity index (χ1n) is 7.53. The van der Waals surface area contributed by atoms with Crippen molar-refractivity contribution in [1.29, 1.82) is 0 Å². The number of ether oxygens (including phenoxy) is 2. The van der Waals surface area contributed by atoms with Crippen molar-refractivity contribution in [3.8, 4) is 11.5 Å². The predicted molar refractivity (Wildman–Crippen MR) is 98.3 cm³/mol. The van der Waals surface area contributed by atoms with E-state index in [2.05, 4.69) is 15.0 Å². The van der Waals surface area contributed by atoms with Crippen LogP contribution in [0.25, 0.3) is 11.0 Å². The van der Waals surface area contributed by atoms with E-state index in [-0.39, 0.29) is 11.8 Å². The molecule has 0 unspecified atom stereocenters. The van der Waals surface area contributed by atoms with Gasteiger partial charge in [-0.2, -0.15) is 9.97 Å². The smallest absolute Gasteiger partial charge is 0.224 e. The molecule has 0 amide bonds. The fraction of sp³-hybridized carbons (Fsp3) is 0.235. The Morgan fingerprint density at radius 2 is 1.76 bits per heavy atom. The molecule has 25 heavy (non-hydrogen) atoms. The Morgan fingerprint density at radius 1 is 1.04 bits per heavy atom. The predicted octanol–water partition coefficient (Wildman–Crippen LogP) is 2.76. The Kier molecular flexibility index (Phi) is 4.50. The topological polar surface area (TPSA) is 109 Å². The summed E-state index contributed by atoms with van der Waals surface area (Å²) in [7, 11) is 3.19. The van der Waals surface area contributed by atoms with Gasteiger partial charge in [-0.15, -0.1) is 0 Å². The van der Waals surface area contributed by atoms with E-state index in [0.29, 0.717) is 34.1 Å². The van der Waals surface area contributed by atoms with Gasteiger partial charge in [-0.3, -0.25) is 0 Å². The molecule has 4 N–H and O–H groups in total. The number of pyridine rings is 1. The first-order valence-corrected chi connectivity index (χ1v) is 7.91. The SMILES string of the molecule is COc1ccc(Cc2c(Cl)nc3nc(N)nc(N)c3c2C)cc1OC. The van der Waals surface area contributed by atoms with Crippen LogP contribution in [0.5, 0.6) is 11.5 Å². The van der Waals surface area contributed by atoms with Crippen LogP contribution >= 0.6 is 11.6 Å². The molecule has 0 aliphatic rings. The van der Waals surface area contributed by atoms with Gasteiger partial charge in [0.2, 0.25) is 5.95 Å². The number of hydrogen-bond donors (Lipinski definition) is 2. The highest BCUT2D eigenvalue weighted by Crippen LogP contribution is 2.33. The van der Waals surface area contributed by atoms with Gasteiger partial charge in [0.05, 0.1) is 19.6 Å². The second-order valence-corrected chi connectivity index (χ2v) is 5.90. The average molecular weight is 360 g/mol. The fourth-order valence-electron chi connectivity index (χ4n) is 2.79. The molecule has 0 fully saturated rings. The van der Waals surface area contributed by atoms with Gasteiger partial charge < -0.3 is 20.9 Å². The number of aryl methyl sites for hydroxylation is 1. The van der Waals surface area contributed by atoms with Gasteiger partial charge >= 0.3 is 0 Å². The van der Waals surface area contributed by atoms with Crippen molar-refractivity contribution < 1.29 is 9.47 Å². The van der Waals surface area contributed by atoms with E-state index in [0.717, 1.165) is 16.7 Å². The van der Waals surface area contributed by atoms with Crippen molar-refractivity contribution in [1.82, 2.24) is 15.0 Å². The summed E-state index contributed by atoms with van der Waals surface area (Å²) < 4.78 is 10.6. The van der Waals surface area contributed by atoms with E-state index in [1.54, 1.807) is 14.2 Å². The summed E-state index contributed by atoms with van der Waals surface area (Å²) in [5.41, 5.74) is 14.8. The quantitative estimate of drug-likeness (QED) is 0.689. The van der Waals surface area contributed by atoms with E-state index in [1.807, 2.05) is 25.1 Å². The lowest BCUT2D eigenvalue weighted by molar-refractivity contribution is 0.354. The summed E-state index contributed by atoms with van der Waals surface area (Å²) in [6.45, 7) is 1.92. The molecular formula is C17H18ClN5O2. The normalized spacial score (nSPS) is 10.9. The summed E-state index contributed by atoms with van der Waals surface area (Å²) in [6, 6.07) is 5.70. The molecule has 0 saturated heterocycles. The largest absolute Gasteiger partial charge is 0.493 e. The molecule has 2 aromatic heterocycles. The molecule has 8 heteroatoms. The molecule has 7 nitrogen and oxygen atoms in total. The van der Waals surface area contributed by atoms with Gasteiger partial charge in [-0.05, 0) is 35.7 Å². The van der Waals surface area contributed by atoms with Gasteiger partial charge in [-0.1, -0.05) is 17.7 Å². The molecule has 130 valence electrons. The zero-order valence-electron chi connectivity index (χ0n) is 14.1. The molecule has 0 bridgehead atoms. The number of nitrogens with zero attached hydrogens (tertiary/aromatic N) is 3. The molecule has 2 heterocycles. The second kappa shape index (κ2) is 6.60. The van der Waals surface area contributed by atoms with Gasteiger partial charge in [-0.25, -0.2) is 4.98 Å². The highest BCUT2D eigenvalue weighted by Gasteiger charge is 2.16. The second-order valence-electron chi connectivity index (χ2n) is 5.54. The average Bonchev–Trinajstić information content (AvgIpc) is 2.57. The molecule has 1 aromatic carbocycles. The summed E-state index contributed by atoms with van der Waals surface area (Å²) in [6.07, 6.45) is 0.553. The number of fused-ring (bicyclic) bond motifs is 1. The molecule has 0 aliphatic carbocycles. The minimum Gasteiger partial charge on any atom is -0.493 e. The Hall–Kier alpha value is -2.80. The number of anilines is 2. The first-order chi connectivity index (χ1) is 11.9. The molecule has 0 atom stereocenters. The van der Waals surface area contributed by atoms with E-state index >= 15 is 0 Å². The van der Waals surface area contributed by atoms with E-state index in [4.69, 9.17) is 32.5 Å². The Morgan fingerprint density at radius 3 is 2.44 bits per heavy atom. The van der Waals surface area contributed by atoms with Crippen molar-refractivity contribution in [3.05, 3.63) is 40.0 Å². The Balaban J connectivity index is 2.10. The Labute approximate surface area is 149 Å². The van der Waals surface area contributed by atoms with E-state index < -0.39 is 0 Å². The van der Waals surface area contributed by atoms with Crippen molar-refractivity contribution in [2.24, 2.45) is 0 Å². The lowest BCUT2D eigenvalue weighted by Gasteiger charge is -2.14. The van der Waals surface area contributed by atoms with Crippen molar-refractivity contribution in [2.75, 3.05) is 25.7 Å². The van der Waals surface area contributed by atoms with Crippen LogP contribution in [0.15, 0.2) is 18.2 Å². The van der Waals surface area contributed by atoms with E-state index in [1.165, 1.54) is 0 Å². The summed E-state index contributed by atoms with van der Waals surface area (Å²) >= 11 is 6.39. The van der Waals surface area contributed by atoms with Crippen LogP contribution in [0.3, 0.4) is 0 Å². The number of rotatable bonds is 4. The summed E-state index contributed by atoms with van der Waals surface area (Å²) in [5.74, 6) is 1.68. The monoisotopic (exact) mass is 359 g/mol. The molecular weight excluding hydrogens is 342 g/mol. The lowest BCUT2D eigenvalue weighted by atomic mass is 10.00. The van der Waals surface area contributed by atoms with Crippen LogP contribution in [-0.2, 0) is 6.42 Å². The third-order valence-corrected chi connectivity index (χ3v) is 4.36. The van der Waals surface area contributed by atoms with Crippen LogP contribution in [0.1, 0.15) is 16.7 Å². The van der Waals surface area contributed by atoms with Gasteiger partial charge in [0, 0.05) is 6.42 Å². The first kappa shape index (κ1) is 17.0. The Bertz CT molecular complexity index is 962. The minimum atomic E-state index is 0.0700. The van der Waals surface area contributed by atoms with Crippen LogP contribution in [0, 0.1) is 6.92 Å². The number of methoxy groups -OCH3 is 2. The number of halogens is 1. The zero-order chi connectivity index (χ0) is 18.1. The summed E-state index contributed by atoms with van der Waals surface area (Å²) in [4.78, 5) is 12.5. The number of benzene rings is 1. The van der Waals surface area contributed by atoms with E-state index in [9.17, 15) is 0 Å².